The maximum Gasteiger partial charge on any atom is 0.270 e. The van der Waals surface area contributed by atoms with Gasteiger partial charge >= 0.3 is 0 Å². The van der Waals surface area contributed by atoms with Gasteiger partial charge in [-0.2, -0.15) is 8.42 Å². The van der Waals surface area contributed by atoms with Crippen molar-refractivity contribution in [1.29, 1.82) is 0 Å². The molecule has 0 aliphatic carbocycles. The van der Waals surface area contributed by atoms with Gasteiger partial charge in [-0.05, 0) is 19.1 Å². The average molecular weight is 257 g/mol. The third-order valence-corrected chi connectivity index (χ3v) is 3.78. The van der Waals surface area contributed by atoms with E-state index in [9.17, 15) is 8.42 Å². The lowest BCUT2D eigenvalue weighted by Gasteiger charge is -2.32. The third-order valence-electron chi connectivity index (χ3n) is 2.57. The van der Waals surface area contributed by atoms with Crippen LogP contribution in [0.5, 0.6) is 5.75 Å². The van der Waals surface area contributed by atoms with E-state index in [-0.39, 0.29) is 5.75 Å². The zero-order valence-corrected chi connectivity index (χ0v) is 10.6. The number of benzene rings is 1. The summed E-state index contributed by atoms with van der Waals surface area (Å²) in [6.07, 6.45) is -0.778. The summed E-state index contributed by atoms with van der Waals surface area (Å²) < 4.78 is 33.2. The van der Waals surface area contributed by atoms with E-state index in [4.69, 9.17) is 8.92 Å². The Morgan fingerprint density at radius 2 is 2.18 bits per heavy atom. The molecule has 1 aromatic rings. The summed E-state index contributed by atoms with van der Waals surface area (Å²) in [4.78, 5) is 1.91. The Bertz CT molecular complexity index is 500. The lowest BCUT2D eigenvalue weighted by molar-refractivity contribution is 0.0124. The van der Waals surface area contributed by atoms with Crippen LogP contribution in [0.1, 0.15) is 6.92 Å². The number of likely N-dealkylation sites (N-methyl/N-ethyl adjacent to an activating group) is 1. The minimum Gasteiger partial charge on any atom is -0.460 e. The van der Waals surface area contributed by atoms with Gasteiger partial charge < -0.3 is 9.64 Å². The maximum absolute atomic E-state index is 11.4. The summed E-state index contributed by atoms with van der Waals surface area (Å²) in [5, 5.41) is 0. The largest absolute Gasteiger partial charge is 0.460 e. The fraction of sp³-hybridized carbons (Fsp3) is 0.455. The predicted octanol–water partition coefficient (Wildman–Crippen LogP) is 1.21. The monoisotopic (exact) mass is 257 g/mol. The molecule has 1 unspecified atom stereocenters. The number of para-hydroxylation sites is 2. The molecule has 0 aromatic heterocycles. The number of anilines is 1. The molecule has 0 saturated carbocycles. The van der Waals surface area contributed by atoms with Gasteiger partial charge in [-0.15, -0.1) is 0 Å². The fourth-order valence-electron chi connectivity index (χ4n) is 1.65. The lowest BCUT2D eigenvalue weighted by atomic mass is 10.2. The van der Waals surface area contributed by atoms with E-state index in [0.29, 0.717) is 12.3 Å². The Balaban J connectivity index is 2.17. The zero-order valence-electron chi connectivity index (χ0n) is 9.79. The molecule has 1 aromatic carbocycles. The Labute approximate surface area is 101 Å². The van der Waals surface area contributed by atoms with Crippen LogP contribution < -0.4 is 9.64 Å². The van der Waals surface area contributed by atoms with E-state index in [2.05, 4.69) is 0 Å². The summed E-state index contributed by atoms with van der Waals surface area (Å²) >= 11 is 0. The van der Waals surface area contributed by atoms with Gasteiger partial charge in [-0.1, -0.05) is 12.1 Å². The zero-order chi connectivity index (χ0) is 12.5. The second-order valence-corrected chi connectivity index (χ2v) is 5.72. The first-order valence-corrected chi connectivity index (χ1v) is 6.97. The van der Waals surface area contributed by atoms with Crippen LogP contribution in [0.25, 0.3) is 0 Å². The molecule has 1 atom stereocenters. The molecule has 0 fully saturated rings. The number of nitrogens with zero attached hydrogens (tertiary/aromatic N) is 1. The van der Waals surface area contributed by atoms with Crippen LogP contribution in [0.3, 0.4) is 0 Å². The van der Waals surface area contributed by atoms with Crippen molar-refractivity contribution in [1.82, 2.24) is 0 Å². The molecule has 1 aliphatic heterocycles. The molecule has 0 saturated heterocycles. The van der Waals surface area contributed by atoms with Crippen molar-refractivity contribution in [3.8, 4) is 5.75 Å². The van der Waals surface area contributed by atoms with E-state index in [1.807, 2.05) is 30.1 Å². The molecule has 2 rings (SSSR count). The summed E-state index contributed by atoms with van der Waals surface area (Å²) in [6.45, 7) is 1.92. The number of hydrogen-bond acceptors (Lipinski definition) is 5. The van der Waals surface area contributed by atoms with Crippen LogP contribution in [0, 0.1) is 0 Å². The van der Waals surface area contributed by atoms with E-state index in [1.54, 1.807) is 6.07 Å². The quantitative estimate of drug-likeness (QED) is 0.762. The van der Waals surface area contributed by atoms with Gasteiger partial charge in [0.1, 0.15) is 5.75 Å². The Morgan fingerprint density at radius 1 is 1.47 bits per heavy atom. The SMILES string of the molecule is CCS(=O)(=O)OC1CN(C)c2ccccc2O1. The van der Waals surface area contributed by atoms with Crippen LogP contribution in [-0.4, -0.2) is 34.1 Å². The summed E-state index contributed by atoms with van der Waals surface area (Å²) in [7, 11) is -1.63. The first kappa shape index (κ1) is 12.2. The molecule has 94 valence electrons. The van der Waals surface area contributed by atoms with Crippen molar-refractivity contribution in [2.24, 2.45) is 0 Å². The highest BCUT2D eigenvalue weighted by Gasteiger charge is 2.27. The highest BCUT2D eigenvalue weighted by molar-refractivity contribution is 7.86. The molecule has 0 N–H and O–H groups in total. The second kappa shape index (κ2) is 4.54. The molecule has 0 amide bonds. The van der Waals surface area contributed by atoms with Gasteiger partial charge in [-0.3, -0.25) is 0 Å². The van der Waals surface area contributed by atoms with Gasteiger partial charge in [-0.25, -0.2) is 4.18 Å². The first-order chi connectivity index (χ1) is 8.02. The van der Waals surface area contributed by atoms with Crippen molar-refractivity contribution in [2.45, 2.75) is 13.2 Å². The molecule has 1 heterocycles. The lowest BCUT2D eigenvalue weighted by Crippen LogP contribution is -2.40. The topological polar surface area (TPSA) is 55.8 Å². The summed E-state index contributed by atoms with van der Waals surface area (Å²) in [5.74, 6) is 0.579. The van der Waals surface area contributed by atoms with Gasteiger partial charge in [0.15, 0.2) is 0 Å². The Kier molecular flexibility index (Phi) is 3.26. The molecular formula is C11H15NO4S. The molecule has 0 spiro atoms. The predicted molar refractivity (Wildman–Crippen MR) is 64.7 cm³/mol. The highest BCUT2D eigenvalue weighted by Crippen LogP contribution is 2.32. The summed E-state index contributed by atoms with van der Waals surface area (Å²) in [6, 6.07) is 7.45. The van der Waals surface area contributed by atoms with E-state index in [1.165, 1.54) is 6.92 Å². The number of rotatable bonds is 3. The van der Waals surface area contributed by atoms with Crippen molar-refractivity contribution < 1.29 is 17.3 Å². The van der Waals surface area contributed by atoms with Crippen LogP contribution in [0.15, 0.2) is 24.3 Å². The molecule has 1 aliphatic rings. The van der Waals surface area contributed by atoms with Gasteiger partial charge in [0.2, 0.25) is 6.29 Å². The number of hydrogen-bond donors (Lipinski definition) is 0. The third kappa shape index (κ3) is 2.70. The molecular weight excluding hydrogens is 242 g/mol. The molecule has 0 radical (unpaired) electrons. The summed E-state index contributed by atoms with van der Waals surface area (Å²) in [5.41, 5.74) is 0.932. The van der Waals surface area contributed by atoms with Crippen LogP contribution in [0.4, 0.5) is 5.69 Å². The number of fused-ring (bicyclic) bond motifs is 1. The molecule has 6 heteroatoms. The first-order valence-electron chi connectivity index (χ1n) is 5.39. The number of ether oxygens (including phenoxy) is 1. The van der Waals surface area contributed by atoms with E-state index in [0.717, 1.165) is 5.69 Å². The van der Waals surface area contributed by atoms with E-state index < -0.39 is 16.4 Å². The Morgan fingerprint density at radius 3 is 2.88 bits per heavy atom. The van der Waals surface area contributed by atoms with Crippen LogP contribution >= 0.6 is 0 Å². The van der Waals surface area contributed by atoms with Crippen molar-refractivity contribution >= 4 is 15.8 Å². The van der Waals surface area contributed by atoms with Gasteiger partial charge in [0.05, 0.1) is 18.0 Å². The maximum atomic E-state index is 11.4. The van der Waals surface area contributed by atoms with Gasteiger partial charge in [0.25, 0.3) is 10.1 Å². The average Bonchev–Trinajstić information content (AvgIpc) is 2.28. The van der Waals surface area contributed by atoms with Crippen LogP contribution in [-0.2, 0) is 14.3 Å². The van der Waals surface area contributed by atoms with Crippen molar-refractivity contribution in [3.63, 3.8) is 0 Å². The smallest absolute Gasteiger partial charge is 0.270 e. The Hall–Kier alpha value is -1.27. The minimum absolute atomic E-state index is 0.0573. The van der Waals surface area contributed by atoms with Crippen LogP contribution in [0.2, 0.25) is 0 Å². The second-order valence-electron chi connectivity index (χ2n) is 3.84. The van der Waals surface area contributed by atoms with E-state index >= 15 is 0 Å². The molecule has 5 nitrogen and oxygen atoms in total. The normalized spacial score (nSPS) is 19.6. The minimum atomic E-state index is -3.50. The fourth-order valence-corrected chi connectivity index (χ4v) is 2.22. The van der Waals surface area contributed by atoms with Gasteiger partial charge in [0, 0.05) is 7.05 Å². The highest BCUT2D eigenvalue weighted by atomic mass is 32.2. The standard InChI is InChI=1S/C11H15NO4S/c1-3-17(13,14)16-11-8-12(2)9-6-4-5-7-10(9)15-11/h4-7,11H,3,8H2,1-2H3. The van der Waals surface area contributed by atoms with Crippen molar-refractivity contribution in [2.75, 3.05) is 24.2 Å². The van der Waals surface area contributed by atoms with Crippen molar-refractivity contribution in [3.05, 3.63) is 24.3 Å². The molecule has 17 heavy (non-hydrogen) atoms. The molecule has 0 bridgehead atoms.